The highest BCUT2D eigenvalue weighted by Crippen LogP contribution is 2.50. The van der Waals surface area contributed by atoms with Crippen molar-refractivity contribution in [2.45, 2.75) is 0 Å². The molecule has 0 bridgehead atoms. The van der Waals surface area contributed by atoms with Gasteiger partial charge in [0.05, 0.1) is 16.4 Å². The van der Waals surface area contributed by atoms with Gasteiger partial charge in [-0.3, -0.25) is 0 Å². The molecular formula is C62H39B2N3O3S. The lowest BCUT2D eigenvalue weighted by molar-refractivity contribution is 0.456. The number of nitrogens with zero attached hydrogens (tertiary/aromatic N) is 3. The Morgan fingerprint density at radius 2 is 0.803 bits per heavy atom. The van der Waals surface area contributed by atoms with Gasteiger partial charge in [-0.05, 0) is 112 Å². The number of hydrogen-bond acceptors (Lipinski definition) is 7. The minimum atomic E-state index is -0.161. The zero-order valence-electron chi connectivity index (χ0n) is 38.1. The van der Waals surface area contributed by atoms with Crippen LogP contribution in [0.4, 0.5) is 50.5 Å². The van der Waals surface area contributed by atoms with Crippen molar-refractivity contribution in [3.8, 4) is 34.5 Å². The van der Waals surface area contributed by atoms with Crippen LogP contribution >= 0.6 is 11.3 Å². The summed E-state index contributed by atoms with van der Waals surface area (Å²) >= 11 is 1.85. The van der Waals surface area contributed by atoms with Crippen LogP contribution < -0.4 is 61.7 Å². The highest BCUT2D eigenvalue weighted by Gasteiger charge is 2.47. The van der Waals surface area contributed by atoms with E-state index in [1.54, 1.807) is 0 Å². The number of benzene rings is 10. The van der Waals surface area contributed by atoms with Crippen LogP contribution in [0.25, 0.3) is 10.1 Å². The van der Waals surface area contributed by atoms with Gasteiger partial charge in [0, 0.05) is 68.6 Å². The zero-order valence-corrected chi connectivity index (χ0v) is 39.0. The summed E-state index contributed by atoms with van der Waals surface area (Å²) in [5.74, 6) is 4.73. The molecule has 0 saturated heterocycles. The van der Waals surface area contributed by atoms with Gasteiger partial charge < -0.3 is 28.9 Å². The third kappa shape index (κ3) is 6.23. The molecule has 11 aromatic rings. The van der Waals surface area contributed by atoms with Crippen LogP contribution in [-0.4, -0.2) is 13.4 Å². The largest absolute Gasteiger partial charge is 0.458 e. The molecule has 0 amide bonds. The second-order valence-corrected chi connectivity index (χ2v) is 19.4. The molecule has 15 rings (SSSR count). The molecule has 71 heavy (non-hydrogen) atoms. The van der Waals surface area contributed by atoms with Crippen molar-refractivity contribution in [1.82, 2.24) is 0 Å². The van der Waals surface area contributed by atoms with E-state index < -0.39 is 0 Å². The number of para-hydroxylation sites is 6. The zero-order chi connectivity index (χ0) is 46.6. The average Bonchev–Trinajstić information content (AvgIpc) is 3.81. The summed E-state index contributed by atoms with van der Waals surface area (Å²) in [6.07, 6.45) is 0. The summed E-state index contributed by atoms with van der Waals surface area (Å²) in [6.45, 7) is -0.314. The van der Waals surface area contributed by atoms with Crippen molar-refractivity contribution in [2.24, 2.45) is 0 Å². The van der Waals surface area contributed by atoms with Gasteiger partial charge in [-0.2, -0.15) is 0 Å². The first-order valence-corrected chi connectivity index (χ1v) is 24.9. The number of ether oxygens (including phenoxy) is 3. The third-order valence-corrected chi connectivity index (χ3v) is 15.5. The molecule has 0 N–H and O–H groups in total. The molecule has 9 heteroatoms. The van der Waals surface area contributed by atoms with E-state index in [0.29, 0.717) is 0 Å². The maximum Gasteiger partial charge on any atom is 0.260 e. The van der Waals surface area contributed by atoms with E-state index in [9.17, 15) is 0 Å². The monoisotopic (exact) mass is 927 g/mol. The number of anilines is 9. The molecule has 0 aliphatic carbocycles. The van der Waals surface area contributed by atoms with Gasteiger partial charge in [0.25, 0.3) is 13.4 Å². The summed E-state index contributed by atoms with van der Waals surface area (Å²) in [6, 6.07) is 83.7. The first-order valence-electron chi connectivity index (χ1n) is 24.0. The number of thiophene rings is 1. The van der Waals surface area contributed by atoms with E-state index in [4.69, 9.17) is 14.2 Å². The molecule has 332 valence electrons. The summed E-state index contributed by atoms with van der Waals surface area (Å²) in [5, 5.41) is 2.44. The summed E-state index contributed by atoms with van der Waals surface area (Å²) in [7, 11) is 0. The van der Waals surface area contributed by atoms with Crippen LogP contribution in [-0.2, 0) is 0 Å². The molecule has 4 aliphatic heterocycles. The predicted octanol–water partition coefficient (Wildman–Crippen LogP) is 13.0. The Morgan fingerprint density at radius 3 is 1.39 bits per heavy atom. The SMILES string of the molecule is c1ccc(N(c2ccccc2)c2cc3c4c(c2)Oc2cc5c(cc2B4c2ccccc2O3)B2c3c(cc(N(c4ccccc4)c4ccccc4)cc3N(c3ccccc3)c3sc4ccccc4c32)O5)cc1. The lowest BCUT2D eigenvalue weighted by atomic mass is 9.31. The highest BCUT2D eigenvalue weighted by atomic mass is 32.1. The van der Waals surface area contributed by atoms with Crippen molar-refractivity contribution in [2.75, 3.05) is 14.7 Å². The highest BCUT2D eigenvalue weighted by molar-refractivity contribution is 7.26. The molecule has 0 fully saturated rings. The van der Waals surface area contributed by atoms with E-state index >= 15 is 0 Å². The Hall–Kier alpha value is -8.91. The van der Waals surface area contributed by atoms with E-state index in [1.807, 2.05) is 23.5 Å². The first kappa shape index (κ1) is 40.0. The van der Waals surface area contributed by atoms with E-state index in [-0.39, 0.29) is 13.4 Å². The molecule has 1 aromatic heterocycles. The standard InChI is InChI=1S/C62H39B2N3O3S/c1-6-20-40(21-7-1)65(41-22-8-2-9-23-41)45-34-51-60-55(35-45)69-54-39-53-49(38-50(54)64(60)59-47-30-16-19-33-58(47)71-62(59)67(51)44-28-14-5-15-29-44)63-48-31-17-18-32-52(48)68-56-36-46(37-57(70-53)61(56)63)66(42-24-10-3-11-25-42)43-26-12-4-13-27-43/h1-39H. The van der Waals surface area contributed by atoms with Gasteiger partial charge in [0.15, 0.2) is 0 Å². The maximum absolute atomic E-state index is 7.42. The number of rotatable bonds is 7. The molecule has 4 aliphatic rings. The van der Waals surface area contributed by atoms with Gasteiger partial charge in [0.2, 0.25) is 0 Å². The fourth-order valence-corrected chi connectivity index (χ4v) is 12.7. The first-order chi connectivity index (χ1) is 35.2. The Balaban J connectivity index is 0.970. The molecule has 0 atom stereocenters. The third-order valence-electron chi connectivity index (χ3n) is 14.4. The molecule has 6 nitrogen and oxygen atoms in total. The summed E-state index contributed by atoms with van der Waals surface area (Å²) < 4.78 is 22.8. The quantitative estimate of drug-likeness (QED) is 0.148. The topological polar surface area (TPSA) is 37.4 Å². The Bertz CT molecular complexity index is 3820. The van der Waals surface area contributed by atoms with Crippen LogP contribution in [0, 0.1) is 0 Å². The van der Waals surface area contributed by atoms with Gasteiger partial charge in [-0.1, -0.05) is 133 Å². The molecule has 0 saturated carbocycles. The normalized spacial score (nSPS) is 13.0. The average molecular weight is 928 g/mol. The summed E-state index contributed by atoms with van der Waals surface area (Å²) in [4.78, 5) is 7.05. The van der Waals surface area contributed by atoms with Crippen molar-refractivity contribution >= 4 is 118 Å². The Kier molecular flexibility index (Phi) is 8.92. The van der Waals surface area contributed by atoms with Crippen LogP contribution in [0.15, 0.2) is 237 Å². The molecule has 5 heterocycles. The second kappa shape index (κ2) is 15.8. The van der Waals surface area contributed by atoms with Crippen LogP contribution in [0.5, 0.6) is 34.5 Å². The smallest absolute Gasteiger partial charge is 0.260 e. The minimum Gasteiger partial charge on any atom is -0.458 e. The molecule has 0 radical (unpaired) electrons. The van der Waals surface area contributed by atoms with E-state index in [0.717, 1.165) is 107 Å². The van der Waals surface area contributed by atoms with Crippen molar-refractivity contribution in [3.05, 3.63) is 237 Å². The molecular weight excluding hydrogens is 888 g/mol. The van der Waals surface area contributed by atoms with E-state index in [2.05, 4.69) is 239 Å². The molecule has 0 unspecified atom stereocenters. The maximum atomic E-state index is 7.42. The van der Waals surface area contributed by atoms with Crippen molar-refractivity contribution < 1.29 is 14.2 Å². The van der Waals surface area contributed by atoms with Gasteiger partial charge in [-0.25, -0.2) is 0 Å². The number of hydrogen-bond donors (Lipinski definition) is 0. The van der Waals surface area contributed by atoms with Crippen LogP contribution in [0.1, 0.15) is 0 Å². The predicted molar refractivity (Wildman–Crippen MR) is 295 cm³/mol. The fraction of sp³-hybridized carbons (Fsp3) is 0. The van der Waals surface area contributed by atoms with Gasteiger partial charge in [-0.15, -0.1) is 11.3 Å². The van der Waals surface area contributed by atoms with E-state index in [1.165, 1.54) is 20.6 Å². The lowest BCUT2D eigenvalue weighted by Crippen LogP contribution is -2.62. The Morgan fingerprint density at radius 1 is 0.338 bits per heavy atom. The molecule has 0 spiro atoms. The second-order valence-electron chi connectivity index (χ2n) is 18.4. The Labute approximate surface area is 416 Å². The lowest BCUT2D eigenvalue weighted by Gasteiger charge is -2.40. The van der Waals surface area contributed by atoms with Crippen molar-refractivity contribution in [1.29, 1.82) is 0 Å². The van der Waals surface area contributed by atoms with Crippen molar-refractivity contribution in [3.63, 3.8) is 0 Å². The summed E-state index contributed by atoms with van der Waals surface area (Å²) in [5.41, 5.74) is 15.0. The minimum absolute atomic E-state index is 0.153. The number of fused-ring (bicyclic) bond motifs is 10. The van der Waals surface area contributed by atoms with Gasteiger partial charge >= 0.3 is 0 Å². The van der Waals surface area contributed by atoms with Crippen LogP contribution in [0.3, 0.4) is 0 Å². The van der Waals surface area contributed by atoms with Crippen LogP contribution in [0.2, 0.25) is 0 Å². The molecule has 10 aromatic carbocycles. The fourth-order valence-electron chi connectivity index (χ4n) is 11.4. The van der Waals surface area contributed by atoms with Gasteiger partial charge in [0.1, 0.15) is 34.5 Å².